The Morgan fingerprint density at radius 2 is 1.71 bits per heavy atom. The second-order valence-electron chi connectivity index (χ2n) is 4.18. The first-order chi connectivity index (χ1) is 9.88. The van der Waals surface area contributed by atoms with Crippen molar-refractivity contribution < 1.29 is 23.1 Å². The van der Waals surface area contributed by atoms with E-state index in [2.05, 4.69) is 10.9 Å². The van der Waals surface area contributed by atoms with E-state index in [-0.39, 0.29) is 16.9 Å². The quantitative estimate of drug-likeness (QED) is 0.750. The normalized spacial score (nSPS) is 11.0. The van der Waals surface area contributed by atoms with Crippen LogP contribution >= 0.6 is 0 Å². The number of alkyl halides is 3. The Balaban J connectivity index is 2.16. The fourth-order valence-electron chi connectivity index (χ4n) is 1.69. The summed E-state index contributed by atoms with van der Waals surface area (Å²) >= 11 is 0. The summed E-state index contributed by atoms with van der Waals surface area (Å²) in [5.74, 6) is -1.14. The summed E-state index contributed by atoms with van der Waals surface area (Å²) in [6, 6.07) is 10.6. The van der Waals surface area contributed by atoms with Crippen LogP contribution in [0, 0.1) is 0 Å². The molecule has 0 spiro atoms. The zero-order chi connectivity index (χ0) is 15.5. The van der Waals surface area contributed by atoms with Gasteiger partial charge < -0.3 is 16.0 Å². The number of carboxylic acid groups (broad SMARTS) is 1. The molecule has 0 amide bonds. The van der Waals surface area contributed by atoms with Gasteiger partial charge in [0, 0.05) is 0 Å². The number of anilines is 2. The largest absolute Gasteiger partial charge is 0.478 e. The fraction of sp³-hybridized carbons (Fsp3) is 0.0714. The van der Waals surface area contributed by atoms with Crippen molar-refractivity contribution in [2.24, 2.45) is 0 Å². The number of hydrogen-bond acceptors (Lipinski definition) is 3. The second kappa shape index (κ2) is 5.74. The minimum Gasteiger partial charge on any atom is -0.478 e. The van der Waals surface area contributed by atoms with Crippen molar-refractivity contribution >= 4 is 17.3 Å². The third kappa shape index (κ3) is 3.65. The molecule has 0 heterocycles. The molecular formula is C14H11F3N2O2. The number of carboxylic acids is 1. The molecule has 0 aliphatic heterocycles. The van der Waals surface area contributed by atoms with Crippen LogP contribution in [0.2, 0.25) is 0 Å². The summed E-state index contributed by atoms with van der Waals surface area (Å²) in [5.41, 5.74) is 4.79. The number of halogens is 3. The van der Waals surface area contributed by atoms with Gasteiger partial charge >= 0.3 is 12.1 Å². The van der Waals surface area contributed by atoms with E-state index in [1.807, 2.05) is 0 Å². The number of aromatic carboxylic acids is 1. The maximum atomic E-state index is 12.6. The number of hydrogen-bond donors (Lipinski definition) is 3. The predicted molar refractivity (Wildman–Crippen MR) is 72.1 cm³/mol. The van der Waals surface area contributed by atoms with Crippen LogP contribution in [0.4, 0.5) is 24.5 Å². The number of para-hydroxylation sites is 1. The average Bonchev–Trinajstić information content (AvgIpc) is 2.45. The fourth-order valence-corrected chi connectivity index (χ4v) is 1.69. The van der Waals surface area contributed by atoms with Crippen LogP contribution in [-0.4, -0.2) is 11.1 Å². The molecular weight excluding hydrogens is 285 g/mol. The third-order valence-corrected chi connectivity index (χ3v) is 2.69. The van der Waals surface area contributed by atoms with Gasteiger partial charge in [-0.1, -0.05) is 18.2 Å². The highest BCUT2D eigenvalue weighted by atomic mass is 19.4. The van der Waals surface area contributed by atoms with E-state index in [1.165, 1.54) is 24.3 Å². The van der Waals surface area contributed by atoms with Gasteiger partial charge in [-0.3, -0.25) is 0 Å². The number of benzene rings is 2. The van der Waals surface area contributed by atoms with E-state index >= 15 is 0 Å². The summed E-state index contributed by atoms with van der Waals surface area (Å²) in [6.07, 6.45) is -4.43. The lowest BCUT2D eigenvalue weighted by molar-refractivity contribution is -0.137. The van der Waals surface area contributed by atoms with Crippen molar-refractivity contribution in [3.8, 4) is 0 Å². The van der Waals surface area contributed by atoms with E-state index < -0.39 is 17.7 Å². The van der Waals surface area contributed by atoms with E-state index in [0.717, 1.165) is 12.1 Å². The zero-order valence-electron chi connectivity index (χ0n) is 10.6. The van der Waals surface area contributed by atoms with E-state index in [9.17, 15) is 18.0 Å². The van der Waals surface area contributed by atoms with Crippen LogP contribution in [-0.2, 0) is 6.18 Å². The molecule has 2 aromatic carbocycles. The van der Waals surface area contributed by atoms with E-state index in [0.29, 0.717) is 0 Å². The molecule has 2 rings (SSSR count). The van der Waals surface area contributed by atoms with Crippen molar-refractivity contribution in [2.75, 3.05) is 10.9 Å². The summed E-state index contributed by atoms with van der Waals surface area (Å²) in [5, 5.41) is 9.00. The summed E-state index contributed by atoms with van der Waals surface area (Å²) in [4.78, 5) is 11.0. The smallest absolute Gasteiger partial charge is 0.416 e. The predicted octanol–water partition coefficient (Wildman–Crippen LogP) is 3.84. The summed E-state index contributed by atoms with van der Waals surface area (Å²) in [7, 11) is 0. The van der Waals surface area contributed by atoms with Crippen LogP contribution in [0.15, 0.2) is 48.5 Å². The Morgan fingerprint density at radius 1 is 1.00 bits per heavy atom. The highest BCUT2D eigenvalue weighted by Crippen LogP contribution is 2.30. The van der Waals surface area contributed by atoms with Crippen molar-refractivity contribution in [3.05, 3.63) is 59.7 Å². The molecule has 0 aliphatic rings. The zero-order valence-corrected chi connectivity index (χ0v) is 10.6. The van der Waals surface area contributed by atoms with Crippen LogP contribution in [0.25, 0.3) is 0 Å². The molecule has 110 valence electrons. The lowest BCUT2D eigenvalue weighted by Gasteiger charge is -2.13. The first-order valence-corrected chi connectivity index (χ1v) is 5.89. The van der Waals surface area contributed by atoms with Gasteiger partial charge in [-0.25, -0.2) is 4.79 Å². The van der Waals surface area contributed by atoms with Gasteiger partial charge in [-0.05, 0) is 30.3 Å². The number of nitrogens with one attached hydrogen (secondary N) is 2. The molecule has 4 nitrogen and oxygen atoms in total. The molecule has 7 heteroatoms. The highest BCUT2D eigenvalue weighted by molar-refractivity contribution is 5.94. The van der Waals surface area contributed by atoms with Crippen LogP contribution in [0.3, 0.4) is 0 Å². The van der Waals surface area contributed by atoms with Crippen molar-refractivity contribution in [1.82, 2.24) is 0 Å². The molecule has 0 bridgehead atoms. The van der Waals surface area contributed by atoms with Crippen LogP contribution in [0.5, 0.6) is 0 Å². The first-order valence-electron chi connectivity index (χ1n) is 5.89. The van der Waals surface area contributed by atoms with Gasteiger partial charge in [-0.2, -0.15) is 13.2 Å². The molecule has 2 aromatic rings. The SMILES string of the molecule is O=C(O)c1ccccc1NNc1cccc(C(F)(F)F)c1. The maximum Gasteiger partial charge on any atom is 0.416 e. The number of rotatable bonds is 4. The minimum absolute atomic E-state index is 0.0111. The molecule has 0 saturated carbocycles. The Hall–Kier alpha value is -2.70. The first kappa shape index (κ1) is 14.7. The van der Waals surface area contributed by atoms with Gasteiger partial charge in [0.05, 0.1) is 22.5 Å². The monoisotopic (exact) mass is 296 g/mol. The van der Waals surface area contributed by atoms with Gasteiger partial charge in [0.25, 0.3) is 0 Å². The van der Waals surface area contributed by atoms with E-state index in [1.54, 1.807) is 12.1 Å². The Labute approximate surface area is 118 Å². The van der Waals surface area contributed by atoms with Gasteiger partial charge in [0.2, 0.25) is 0 Å². The molecule has 0 fully saturated rings. The summed E-state index contributed by atoms with van der Waals surface area (Å²) in [6.45, 7) is 0. The average molecular weight is 296 g/mol. The topological polar surface area (TPSA) is 61.4 Å². The Kier molecular flexibility index (Phi) is 4.02. The molecule has 0 radical (unpaired) electrons. The van der Waals surface area contributed by atoms with Gasteiger partial charge in [0.15, 0.2) is 0 Å². The second-order valence-corrected chi connectivity index (χ2v) is 4.18. The summed E-state index contributed by atoms with van der Waals surface area (Å²) < 4.78 is 37.7. The third-order valence-electron chi connectivity index (χ3n) is 2.69. The van der Waals surface area contributed by atoms with Crippen molar-refractivity contribution in [2.45, 2.75) is 6.18 Å². The molecule has 0 unspecified atom stereocenters. The lowest BCUT2D eigenvalue weighted by Crippen LogP contribution is -2.13. The van der Waals surface area contributed by atoms with Crippen molar-refractivity contribution in [1.29, 1.82) is 0 Å². The van der Waals surface area contributed by atoms with Gasteiger partial charge in [-0.15, -0.1) is 0 Å². The number of carbonyl (C=O) groups is 1. The minimum atomic E-state index is -4.43. The highest BCUT2D eigenvalue weighted by Gasteiger charge is 2.30. The molecule has 0 saturated heterocycles. The van der Waals surface area contributed by atoms with Gasteiger partial charge in [0.1, 0.15) is 0 Å². The Bertz CT molecular complexity index is 657. The Morgan fingerprint density at radius 3 is 2.38 bits per heavy atom. The molecule has 21 heavy (non-hydrogen) atoms. The van der Waals surface area contributed by atoms with Crippen LogP contribution in [0.1, 0.15) is 15.9 Å². The van der Waals surface area contributed by atoms with Crippen molar-refractivity contribution in [3.63, 3.8) is 0 Å². The molecule has 0 aliphatic carbocycles. The van der Waals surface area contributed by atoms with E-state index in [4.69, 9.17) is 5.11 Å². The molecule has 3 N–H and O–H groups in total. The molecule has 0 atom stereocenters. The lowest BCUT2D eigenvalue weighted by atomic mass is 10.2. The standard InChI is InChI=1S/C14H11F3N2O2/c15-14(16,17)9-4-3-5-10(8-9)18-19-12-7-2-1-6-11(12)13(20)21/h1-8,18-19H,(H,20,21). The molecule has 0 aromatic heterocycles. The maximum absolute atomic E-state index is 12.6. The number of hydrazine groups is 1. The van der Waals surface area contributed by atoms with Crippen LogP contribution < -0.4 is 10.9 Å².